The summed E-state index contributed by atoms with van der Waals surface area (Å²) in [7, 11) is 0. The van der Waals surface area contributed by atoms with Gasteiger partial charge in [0, 0.05) is 30.6 Å². The molecule has 4 rings (SSSR count). The standard InChI is InChI=1S/C23H28N2O2/c1-4-23(3,27)18-7-5-6-15(10-18)16-8-9-19-20(11-16)22(26)25-13-17-12-24-14(2)21(17)19/h5-11,14,17,21,24,27H,4,12-13H2,1-3H3,(H,25,26)/t14?,17-,21-,23?/m0/s1. The second-order valence-electron chi connectivity index (χ2n) is 8.20. The fraction of sp³-hybridized carbons (Fsp3) is 0.435. The SMILES string of the molecule is CCC(C)(O)c1cccc(-c2ccc3c(c2)C(=O)NC[C@@H]2CNC(C)[C@H]32)c1. The van der Waals surface area contributed by atoms with Crippen molar-refractivity contribution in [2.24, 2.45) is 5.92 Å². The topological polar surface area (TPSA) is 61.4 Å². The quantitative estimate of drug-likeness (QED) is 0.782. The summed E-state index contributed by atoms with van der Waals surface area (Å²) in [6.07, 6.45) is 0.650. The molecule has 1 saturated heterocycles. The summed E-state index contributed by atoms with van der Waals surface area (Å²) in [4.78, 5) is 12.7. The van der Waals surface area contributed by atoms with Crippen LogP contribution in [0.3, 0.4) is 0 Å². The normalized spacial score (nSPS) is 26.5. The van der Waals surface area contributed by atoms with E-state index in [1.54, 1.807) is 0 Å². The van der Waals surface area contributed by atoms with E-state index in [0.29, 0.717) is 24.3 Å². The highest BCUT2D eigenvalue weighted by Crippen LogP contribution is 2.38. The van der Waals surface area contributed by atoms with Gasteiger partial charge in [-0.15, -0.1) is 0 Å². The number of benzene rings is 2. The molecule has 2 aliphatic heterocycles. The first-order valence-corrected chi connectivity index (χ1v) is 9.89. The van der Waals surface area contributed by atoms with Gasteiger partial charge in [0.25, 0.3) is 5.91 Å². The van der Waals surface area contributed by atoms with Gasteiger partial charge < -0.3 is 15.7 Å². The second-order valence-corrected chi connectivity index (χ2v) is 8.20. The fourth-order valence-electron chi connectivity index (χ4n) is 4.50. The number of aliphatic hydroxyl groups is 1. The molecule has 1 amide bonds. The third-order valence-electron chi connectivity index (χ3n) is 6.44. The Morgan fingerprint density at radius 3 is 2.70 bits per heavy atom. The Labute approximate surface area is 161 Å². The van der Waals surface area contributed by atoms with Gasteiger partial charge in [0.15, 0.2) is 0 Å². The lowest BCUT2D eigenvalue weighted by atomic mass is 9.82. The molecule has 2 aromatic rings. The third-order valence-corrected chi connectivity index (χ3v) is 6.44. The van der Waals surface area contributed by atoms with E-state index in [1.807, 2.05) is 44.2 Å². The number of amides is 1. The van der Waals surface area contributed by atoms with Crippen LogP contribution in [0, 0.1) is 5.92 Å². The first-order valence-electron chi connectivity index (χ1n) is 9.89. The average molecular weight is 364 g/mol. The molecular formula is C23H28N2O2. The monoisotopic (exact) mass is 364 g/mol. The second kappa shape index (κ2) is 6.77. The molecule has 27 heavy (non-hydrogen) atoms. The van der Waals surface area contributed by atoms with Crippen molar-refractivity contribution in [1.29, 1.82) is 0 Å². The molecule has 3 N–H and O–H groups in total. The molecule has 2 unspecified atom stereocenters. The summed E-state index contributed by atoms with van der Waals surface area (Å²) in [6, 6.07) is 14.6. The molecule has 142 valence electrons. The maximum Gasteiger partial charge on any atom is 0.251 e. The lowest BCUT2D eigenvalue weighted by Crippen LogP contribution is -2.28. The summed E-state index contributed by atoms with van der Waals surface area (Å²) in [5.74, 6) is 0.823. The molecule has 2 aliphatic rings. The highest BCUT2D eigenvalue weighted by atomic mass is 16.3. The maximum absolute atomic E-state index is 12.7. The Morgan fingerprint density at radius 2 is 1.93 bits per heavy atom. The van der Waals surface area contributed by atoms with Gasteiger partial charge in [0.2, 0.25) is 0 Å². The zero-order chi connectivity index (χ0) is 19.2. The summed E-state index contributed by atoms with van der Waals surface area (Å²) < 4.78 is 0. The van der Waals surface area contributed by atoms with Gasteiger partial charge in [-0.3, -0.25) is 4.79 Å². The van der Waals surface area contributed by atoms with E-state index in [4.69, 9.17) is 0 Å². The predicted octanol–water partition coefficient (Wildman–Crippen LogP) is 3.41. The molecule has 2 heterocycles. The highest BCUT2D eigenvalue weighted by molar-refractivity contribution is 5.97. The van der Waals surface area contributed by atoms with E-state index in [9.17, 15) is 9.90 Å². The minimum atomic E-state index is -0.850. The van der Waals surface area contributed by atoms with Crippen LogP contribution < -0.4 is 10.6 Å². The molecule has 0 aliphatic carbocycles. The average Bonchev–Trinajstić information content (AvgIpc) is 2.99. The van der Waals surface area contributed by atoms with Crippen molar-refractivity contribution in [3.05, 3.63) is 59.2 Å². The van der Waals surface area contributed by atoms with E-state index in [0.717, 1.165) is 40.9 Å². The van der Waals surface area contributed by atoms with Crippen LogP contribution in [0.5, 0.6) is 0 Å². The van der Waals surface area contributed by atoms with Crippen LogP contribution in [0.15, 0.2) is 42.5 Å². The van der Waals surface area contributed by atoms with E-state index in [2.05, 4.69) is 29.7 Å². The highest BCUT2D eigenvalue weighted by Gasteiger charge is 2.38. The molecule has 4 heteroatoms. The van der Waals surface area contributed by atoms with Crippen LogP contribution in [0.4, 0.5) is 0 Å². The van der Waals surface area contributed by atoms with Crippen molar-refractivity contribution >= 4 is 5.91 Å². The van der Waals surface area contributed by atoms with Crippen molar-refractivity contribution in [3.8, 4) is 11.1 Å². The summed E-state index contributed by atoms with van der Waals surface area (Å²) >= 11 is 0. The van der Waals surface area contributed by atoms with Crippen molar-refractivity contribution in [2.75, 3.05) is 13.1 Å². The predicted molar refractivity (Wildman–Crippen MR) is 108 cm³/mol. The molecule has 4 atom stereocenters. The summed E-state index contributed by atoms with van der Waals surface area (Å²) in [5.41, 5.74) is 4.01. The van der Waals surface area contributed by atoms with E-state index in [1.165, 1.54) is 0 Å². The smallest absolute Gasteiger partial charge is 0.251 e. The van der Waals surface area contributed by atoms with Crippen LogP contribution in [0.1, 0.15) is 54.6 Å². The molecular weight excluding hydrogens is 336 g/mol. The largest absolute Gasteiger partial charge is 0.385 e. The molecule has 1 fully saturated rings. The molecule has 0 spiro atoms. The number of carbonyl (C=O) groups excluding carboxylic acids is 1. The van der Waals surface area contributed by atoms with Gasteiger partial charge in [-0.1, -0.05) is 37.3 Å². The number of hydrogen-bond donors (Lipinski definition) is 3. The van der Waals surface area contributed by atoms with Crippen molar-refractivity contribution in [1.82, 2.24) is 10.6 Å². The Bertz CT molecular complexity index is 874. The van der Waals surface area contributed by atoms with E-state index >= 15 is 0 Å². The van der Waals surface area contributed by atoms with E-state index in [-0.39, 0.29) is 5.91 Å². The Kier molecular flexibility index (Phi) is 4.57. The molecule has 0 saturated carbocycles. The zero-order valence-corrected chi connectivity index (χ0v) is 16.3. The molecule has 2 aromatic carbocycles. The lowest BCUT2D eigenvalue weighted by molar-refractivity contribution is 0.0531. The first-order chi connectivity index (χ1) is 12.9. The number of hydrogen-bond acceptors (Lipinski definition) is 3. The van der Waals surface area contributed by atoms with Crippen molar-refractivity contribution in [3.63, 3.8) is 0 Å². The molecule has 0 bridgehead atoms. The number of rotatable bonds is 3. The van der Waals surface area contributed by atoms with Crippen LogP contribution in [-0.4, -0.2) is 30.1 Å². The molecule has 4 nitrogen and oxygen atoms in total. The number of fused-ring (bicyclic) bond motifs is 3. The van der Waals surface area contributed by atoms with Crippen molar-refractivity contribution in [2.45, 2.75) is 44.8 Å². The minimum Gasteiger partial charge on any atom is -0.385 e. The number of nitrogens with one attached hydrogen (secondary N) is 2. The molecule has 0 radical (unpaired) electrons. The minimum absolute atomic E-state index is 0.0187. The summed E-state index contributed by atoms with van der Waals surface area (Å²) in [5, 5.41) is 17.2. The Hall–Kier alpha value is -2.17. The van der Waals surface area contributed by atoms with Gasteiger partial charge in [-0.2, -0.15) is 0 Å². The summed E-state index contributed by atoms with van der Waals surface area (Å²) in [6.45, 7) is 7.69. The Morgan fingerprint density at radius 1 is 1.15 bits per heavy atom. The first kappa shape index (κ1) is 18.2. The van der Waals surface area contributed by atoms with Gasteiger partial charge in [-0.25, -0.2) is 0 Å². The zero-order valence-electron chi connectivity index (χ0n) is 16.3. The van der Waals surface area contributed by atoms with Crippen LogP contribution in [0.2, 0.25) is 0 Å². The maximum atomic E-state index is 12.7. The van der Waals surface area contributed by atoms with Crippen LogP contribution >= 0.6 is 0 Å². The number of carbonyl (C=O) groups is 1. The van der Waals surface area contributed by atoms with Crippen LogP contribution in [-0.2, 0) is 5.60 Å². The Balaban J connectivity index is 1.77. The van der Waals surface area contributed by atoms with Gasteiger partial charge in [-0.05, 0) is 60.6 Å². The third kappa shape index (κ3) is 3.17. The molecule has 0 aromatic heterocycles. The lowest BCUT2D eigenvalue weighted by Gasteiger charge is -2.23. The van der Waals surface area contributed by atoms with Gasteiger partial charge >= 0.3 is 0 Å². The van der Waals surface area contributed by atoms with Crippen molar-refractivity contribution < 1.29 is 9.90 Å². The van der Waals surface area contributed by atoms with Gasteiger partial charge in [0.1, 0.15) is 0 Å². The van der Waals surface area contributed by atoms with Crippen LogP contribution in [0.25, 0.3) is 11.1 Å². The van der Waals surface area contributed by atoms with E-state index < -0.39 is 5.60 Å². The fourth-order valence-corrected chi connectivity index (χ4v) is 4.50. The van der Waals surface area contributed by atoms with Gasteiger partial charge in [0.05, 0.1) is 5.60 Å².